The third-order valence-corrected chi connectivity index (χ3v) is 15.8. The Labute approximate surface area is 446 Å². The first kappa shape index (κ1) is 44.3. The second kappa shape index (κ2) is 18.0. The van der Waals surface area contributed by atoms with Gasteiger partial charge in [0.25, 0.3) is 0 Å². The molecule has 2 heterocycles. The zero-order valence-corrected chi connectivity index (χ0v) is 41.8. The van der Waals surface area contributed by atoms with Gasteiger partial charge in [-0.15, -0.1) is 0 Å². The maximum absolute atomic E-state index is 5.48. The molecule has 358 valence electrons. The lowest BCUT2D eigenvalue weighted by Gasteiger charge is -2.34. The van der Waals surface area contributed by atoms with Crippen LogP contribution in [0.15, 0.2) is 279 Å². The first-order chi connectivity index (χ1) is 38.2. The molecule has 0 saturated carbocycles. The minimum atomic E-state index is -0.715. The molecule has 0 bridgehead atoms. The van der Waals surface area contributed by atoms with Gasteiger partial charge in [0, 0.05) is 33.0 Å². The van der Waals surface area contributed by atoms with Crippen LogP contribution in [0.25, 0.3) is 122 Å². The third kappa shape index (κ3) is 7.29. The van der Waals surface area contributed by atoms with Crippen molar-refractivity contribution in [2.45, 2.75) is 5.41 Å². The molecule has 2 aromatic heterocycles. The third-order valence-electron chi connectivity index (χ3n) is 15.8. The zero-order valence-electron chi connectivity index (χ0n) is 41.8. The van der Waals surface area contributed by atoms with Gasteiger partial charge in [-0.2, -0.15) is 0 Å². The molecule has 0 N–H and O–H groups in total. The van der Waals surface area contributed by atoms with Crippen molar-refractivity contribution in [2.75, 3.05) is 0 Å². The van der Waals surface area contributed by atoms with E-state index in [1.54, 1.807) is 0 Å². The Morgan fingerprint density at radius 2 is 0.584 bits per heavy atom. The molecule has 0 amide bonds. The van der Waals surface area contributed by atoms with E-state index in [-0.39, 0.29) is 0 Å². The van der Waals surface area contributed by atoms with Gasteiger partial charge in [-0.25, -0.2) is 19.9 Å². The predicted molar refractivity (Wildman–Crippen MR) is 318 cm³/mol. The van der Waals surface area contributed by atoms with Crippen LogP contribution in [0.3, 0.4) is 0 Å². The summed E-state index contributed by atoms with van der Waals surface area (Å²) < 4.78 is 0. The molecule has 14 aromatic rings. The summed E-state index contributed by atoms with van der Waals surface area (Å²) in [7, 11) is 0. The average Bonchev–Trinajstić information content (AvgIpc) is 3.99. The lowest BCUT2D eigenvalue weighted by molar-refractivity contribution is 0.768. The summed E-state index contributed by atoms with van der Waals surface area (Å²) in [5, 5.41) is 6.95. The molecule has 0 spiro atoms. The average molecular weight is 979 g/mol. The second-order valence-electron chi connectivity index (χ2n) is 20.0. The van der Waals surface area contributed by atoms with E-state index in [1.165, 1.54) is 77.2 Å². The second-order valence-corrected chi connectivity index (χ2v) is 20.0. The number of hydrogen-bond donors (Lipinski definition) is 0. The summed E-state index contributed by atoms with van der Waals surface area (Å²) in [6, 6.07) is 100. The Bertz CT molecular complexity index is 4300. The van der Waals surface area contributed by atoms with Crippen molar-refractivity contribution >= 4 is 43.4 Å². The van der Waals surface area contributed by atoms with Gasteiger partial charge >= 0.3 is 0 Å². The molecule has 0 fully saturated rings. The fourth-order valence-corrected chi connectivity index (χ4v) is 12.2. The molecule has 0 atom stereocenters. The maximum atomic E-state index is 5.48. The van der Waals surface area contributed by atoms with Crippen LogP contribution in [0.5, 0.6) is 0 Å². The molecule has 4 nitrogen and oxygen atoms in total. The Kier molecular flexibility index (Phi) is 10.4. The van der Waals surface area contributed by atoms with Crippen molar-refractivity contribution in [1.29, 1.82) is 0 Å². The number of para-hydroxylation sites is 2. The highest BCUT2D eigenvalue weighted by Crippen LogP contribution is 2.57. The van der Waals surface area contributed by atoms with Gasteiger partial charge in [0.2, 0.25) is 0 Å². The van der Waals surface area contributed by atoms with E-state index in [0.29, 0.717) is 11.6 Å². The van der Waals surface area contributed by atoms with Crippen molar-refractivity contribution in [1.82, 2.24) is 19.9 Å². The molecule has 0 saturated heterocycles. The smallest absolute Gasteiger partial charge is 0.160 e. The first-order valence-electron chi connectivity index (χ1n) is 26.3. The number of rotatable bonds is 8. The van der Waals surface area contributed by atoms with Crippen LogP contribution < -0.4 is 0 Å². The number of hydrogen-bond acceptors (Lipinski definition) is 4. The van der Waals surface area contributed by atoms with E-state index in [1.807, 2.05) is 0 Å². The van der Waals surface area contributed by atoms with Crippen molar-refractivity contribution in [3.8, 4) is 78.7 Å². The van der Waals surface area contributed by atoms with Gasteiger partial charge in [0.05, 0.1) is 27.8 Å². The summed E-state index contributed by atoms with van der Waals surface area (Å²) in [4.78, 5) is 21.6. The minimum absolute atomic E-state index is 0.675. The van der Waals surface area contributed by atoms with Crippen LogP contribution in [-0.2, 0) is 5.41 Å². The van der Waals surface area contributed by atoms with Gasteiger partial charge in [-0.1, -0.05) is 255 Å². The lowest BCUT2D eigenvalue weighted by Crippen LogP contribution is -2.28. The quantitative estimate of drug-likeness (QED) is 0.152. The van der Waals surface area contributed by atoms with E-state index in [9.17, 15) is 0 Å². The largest absolute Gasteiger partial charge is 0.228 e. The highest BCUT2D eigenvalue weighted by atomic mass is 14.9. The summed E-state index contributed by atoms with van der Waals surface area (Å²) in [6.45, 7) is 0. The Morgan fingerprint density at radius 1 is 0.234 bits per heavy atom. The molecule has 12 aromatic carbocycles. The van der Waals surface area contributed by atoms with Gasteiger partial charge < -0.3 is 0 Å². The van der Waals surface area contributed by atoms with E-state index < -0.39 is 5.41 Å². The van der Waals surface area contributed by atoms with Crippen molar-refractivity contribution in [3.63, 3.8) is 0 Å². The molecule has 77 heavy (non-hydrogen) atoms. The Hall–Kier alpha value is -10.2. The molecule has 1 aliphatic rings. The number of benzene rings is 12. The van der Waals surface area contributed by atoms with Crippen LogP contribution in [0.1, 0.15) is 22.3 Å². The van der Waals surface area contributed by atoms with Crippen LogP contribution in [0.4, 0.5) is 0 Å². The van der Waals surface area contributed by atoms with Crippen molar-refractivity contribution in [3.05, 3.63) is 301 Å². The summed E-state index contributed by atoms with van der Waals surface area (Å²) in [6.07, 6.45) is 0. The zero-order chi connectivity index (χ0) is 50.9. The highest BCUT2D eigenvalue weighted by Gasteiger charge is 2.46. The standard InChI is InChI=1S/C73H46N4/c1-3-21-55(22-4-1)73(56-23-5-2-6-24-56)65-45-53(71-74-67-31-13-11-27-63(67)69(76-71)51-37-33-49(34-38-51)59-29-15-19-47-17-7-9-25-57(47)59)41-43-61(65)62-44-42-54(46-66(62)73)72-75-68-32-14-12-28-64(68)70(77-72)52-39-35-50(36-40-52)60-30-16-20-48-18-8-10-26-58(48)60/h1-46H. The fourth-order valence-electron chi connectivity index (χ4n) is 12.2. The van der Waals surface area contributed by atoms with Gasteiger partial charge in [-0.3, -0.25) is 0 Å². The van der Waals surface area contributed by atoms with Crippen LogP contribution >= 0.6 is 0 Å². The monoisotopic (exact) mass is 978 g/mol. The van der Waals surface area contributed by atoms with Crippen LogP contribution in [0.2, 0.25) is 0 Å². The maximum Gasteiger partial charge on any atom is 0.160 e. The molecule has 1 aliphatic carbocycles. The summed E-state index contributed by atoms with van der Waals surface area (Å²) >= 11 is 0. The van der Waals surface area contributed by atoms with Gasteiger partial charge in [-0.05, 0) is 101 Å². The SMILES string of the molecule is c1ccc(C2(c3ccccc3)c3cc(-c4nc(-c5ccc(-c6cccc7ccccc67)cc5)c5ccccc5n4)ccc3-c3ccc(-c4nc(-c5ccc(-c6cccc7ccccc67)cc5)c5ccccc5n4)cc32)cc1. The highest BCUT2D eigenvalue weighted by molar-refractivity contribution is 6.00. The van der Waals surface area contributed by atoms with Crippen molar-refractivity contribution < 1.29 is 0 Å². The summed E-state index contributed by atoms with van der Waals surface area (Å²) in [5.74, 6) is 1.35. The van der Waals surface area contributed by atoms with Crippen LogP contribution in [0, 0.1) is 0 Å². The molecule has 0 aliphatic heterocycles. The Balaban J connectivity index is 0.874. The van der Waals surface area contributed by atoms with Crippen molar-refractivity contribution in [2.24, 2.45) is 0 Å². The summed E-state index contributed by atoms with van der Waals surface area (Å²) in [5.41, 5.74) is 18.6. The Morgan fingerprint density at radius 3 is 1.03 bits per heavy atom. The fraction of sp³-hybridized carbons (Fsp3) is 0.0137. The van der Waals surface area contributed by atoms with Crippen LogP contribution in [-0.4, -0.2) is 19.9 Å². The van der Waals surface area contributed by atoms with Gasteiger partial charge in [0.1, 0.15) is 0 Å². The molecule has 15 rings (SSSR count). The van der Waals surface area contributed by atoms with E-state index >= 15 is 0 Å². The number of fused-ring (bicyclic) bond motifs is 7. The molecule has 4 heteroatoms. The number of aromatic nitrogens is 4. The van der Waals surface area contributed by atoms with E-state index in [4.69, 9.17) is 19.9 Å². The predicted octanol–water partition coefficient (Wildman–Crippen LogP) is 18.2. The molecular formula is C73H46N4. The molecule has 0 unspecified atom stereocenters. The minimum Gasteiger partial charge on any atom is -0.228 e. The van der Waals surface area contributed by atoms with E-state index in [0.717, 1.165) is 55.4 Å². The van der Waals surface area contributed by atoms with Gasteiger partial charge in [0.15, 0.2) is 11.6 Å². The van der Waals surface area contributed by atoms with E-state index in [2.05, 4.69) is 279 Å². The molecule has 0 radical (unpaired) electrons. The topological polar surface area (TPSA) is 51.6 Å². The normalized spacial score (nSPS) is 12.5. The molecular weight excluding hydrogens is 933 g/mol. The lowest BCUT2D eigenvalue weighted by atomic mass is 9.67. The number of nitrogens with zero attached hydrogens (tertiary/aromatic N) is 4. The first-order valence-corrected chi connectivity index (χ1v) is 26.3.